The average Bonchev–Trinajstić information content (AvgIpc) is 2.75. The van der Waals surface area contributed by atoms with E-state index in [0.717, 1.165) is 17.9 Å². The van der Waals surface area contributed by atoms with Crippen molar-refractivity contribution in [3.63, 3.8) is 0 Å². The van der Waals surface area contributed by atoms with Crippen molar-refractivity contribution in [1.82, 2.24) is 5.32 Å². The molecule has 0 spiro atoms. The molecule has 0 aliphatic rings. The van der Waals surface area contributed by atoms with Crippen LogP contribution in [0.2, 0.25) is 0 Å². The summed E-state index contributed by atoms with van der Waals surface area (Å²) < 4.78 is 5.37. The number of aliphatic hydroxyl groups is 1. The summed E-state index contributed by atoms with van der Waals surface area (Å²) in [6, 6.07) is 3.53. The molecule has 4 nitrogen and oxygen atoms in total. The first-order chi connectivity index (χ1) is 8.45. The number of rotatable bonds is 7. The van der Waals surface area contributed by atoms with Crippen molar-refractivity contribution in [2.24, 2.45) is 0 Å². The molecule has 18 heavy (non-hydrogen) atoms. The normalized spacial score (nSPS) is 14.2. The lowest BCUT2D eigenvalue weighted by Crippen LogP contribution is -2.38. The third-order valence-electron chi connectivity index (χ3n) is 2.65. The van der Waals surface area contributed by atoms with Gasteiger partial charge in [-0.1, -0.05) is 0 Å². The third kappa shape index (κ3) is 4.74. The molecule has 0 radical (unpaired) electrons. The number of nitrogens with one attached hydrogen (secondary N) is 1. The van der Waals surface area contributed by atoms with E-state index in [-0.39, 0.29) is 12.5 Å². The van der Waals surface area contributed by atoms with Crippen LogP contribution in [0.4, 0.5) is 0 Å². The molecule has 1 aromatic heterocycles. The van der Waals surface area contributed by atoms with Crippen molar-refractivity contribution in [1.29, 1.82) is 0 Å². The molecule has 1 heterocycles. The van der Waals surface area contributed by atoms with Crippen LogP contribution in [0.5, 0.6) is 0 Å². The van der Waals surface area contributed by atoms with Crippen LogP contribution >= 0.6 is 11.8 Å². The van der Waals surface area contributed by atoms with Gasteiger partial charge in [0, 0.05) is 6.42 Å². The lowest BCUT2D eigenvalue weighted by atomic mass is 10.0. The lowest BCUT2D eigenvalue weighted by molar-refractivity contribution is -0.122. The molecule has 102 valence electrons. The summed E-state index contributed by atoms with van der Waals surface area (Å²) in [4.78, 5) is 11.5. The van der Waals surface area contributed by atoms with E-state index >= 15 is 0 Å². The minimum Gasteiger partial charge on any atom is -0.463 e. The topological polar surface area (TPSA) is 62.5 Å². The first-order valence-electron chi connectivity index (χ1n) is 6.00. The number of furan rings is 1. The van der Waals surface area contributed by atoms with Crippen LogP contribution in [-0.2, 0) is 10.4 Å². The van der Waals surface area contributed by atoms with Gasteiger partial charge in [-0.2, -0.15) is 11.8 Å². The van der Waals surface area contributed by atoms with E-state index in [4.69, 9.17) is 4.42 Å². The Balaban J connectivity index is 2.39. The highest BCUT2D eigenvalue weighted by Gasteiger charge is 2.27. The third-order valence-corrected chi connectivity index (χ3v) is 3.35. The molecular weight excluding hydrogens is 250 g/mol. The van der Waals surface area contributed by atoms with E-state index in [1.807, 2.05) is 13.2 Å². The van der Waals surface area contributed by atoms with Crippen molar-refractivity contribution in [3.05, 3.63) is 23.7 Å². The number of aryl methyl sites for hydroxylation is 1. The van der Waals surface area contributed by atoms with Crippen LogP contribution < -0.4 is 5.32 Å². The first kappa shape index (κ1) is 15.1. The van der Waals surface area contributed by atoms with Crippen LogP contribution in [0.3, 0.4) is 0 Å². The van der Waals surface area contributed by atoms with Crippen LogP contribution in [0.15, 0.2) is 16.5 Å². The minimum atomic E-state index is -1.16. The predicted molar refractivity (Wildman–Crippen MR) is 73.6 cm³/mol. The molecule has 1 rings (SSSR count). The minimum absolute atomic E-state index is 0.0346. The lowest BCUT2D eigenvalue weighted by Gasteiger charge is -2.21. The zero-order valence-corrected chi connectivity index (χ0v) is 12.0. The van der Waals surface area contributed by atoms with Gasteiger partial charge in [0.2, 0.25) is 5.91 Å². The zero-order chi connectivity index (χ0) is 13.6. The fourth-order valence-corrected chi connectivity index (χ4v) is 1.98. The van der Waals surface area contributed by atoms with Gasteiger partial charge in [-0.15, -0.1) is 0 Å². The van der Waals surface area contributed by atoms with Gasteiger partial charge in [-0.25, -0.2) is 0 Å². The second-order valence-corrected chi connectivity index (χ2v) is 5.54. The van der Waals surface area contributed by atoms with Gasteiger partial charge in [-0.3, -0.25) is 4.79 Å². The summed E-state index contributed by atoms with van der Waals surface area (Å²) in [5.74, 6) is 2.16. The van der Waals surface area contributed by atoms with Gasteiger partial charge >= 0.3 is 0 Å². The van der Waals surface area contributed by atoms with Gasteiger partial charge in [0.15, 0.2) is 0 Å². The van der Waals surface area contributed by atoms with E-state index in [1.165, 1.54) is 0 Å². The van der Waals surface area contributed by atoms with Crippen molar-refractivity contribution < 1.29 is 14.3 Å². The van der Waals surface area contributed by atoms with Crippen molar-refractivity contribution >= 4 is 17.7 Å². The summed E-state index contributed by atoms with van der Waals surface area (Å²) in [6.45, 7) is 3.62. The second kappa shape index (κ2) is 6.85. The van der Waals surface area contributed by atoms with Gasteiger partial charge in [0.05, 0.1) is 6.54 Å². The molecule has 0 bridgehead atoms. The monoisotopic (exact) mass is 271 g/mol. The van der Waals surface area contributed by atoms with Crippen LogP contribution in [0.1, 0.15) is 31.3 Å². The van der Waals surface area contributed by atoms with Crippen molar-refractivity contribution in [2.45, 2.75) is 32.3 Å². The van der Waals surface area contributed by atoms with Gasteiger partial charge in [0.25, 0.3) is 0 Å². The first-order valence-corrected chi connectivity index (χ1v) is 7.40. The zero-order valence-electron chi connectivity index (χ0n) is 11.2. The Kier molecular flexibility index (Phi) is 5.75. The second-order valence-electron chi connectivity index (χ2n) is 4.56. The molecule has 0 aliphatic carbocycles. The average molecular weight is 271 g/mol. The van der Waals surface area contributed by atoms with Crippen LogP contribution in [0, 0.1) is 6.92 Å². The Hall–Kier alpha value is -0.940. The molecule has 1 atom stereocenters. The summed E-state index contributed by atoms with van der Waals surface area (Å²) in [7, 11) is 0. The highest BCUT2D eigenvalue weighted by Crippen LogP contribution is 2.21. The fraction of sp³-hybridized carbons (Fsp3) is 0.615. The summed E-state index contributed by atoms with van der Waals surface area (Å²) in [5, 5.41) is 12.9. The Bertz CT molecular complexity index is 387. The standard InChI is InChI=1S/C13H21NO3S/c1-10-6-7-11(17-10)13(2,16)9-14-12(15)5-4-8-18-3/h6-7,16H,4-5,8-9H2,1-3H3,(H,14,15). The van der Waals surface area contributed by atoms with Gasteiger partial charge in [0.1, 0.15) is 17.1 Å². The van der Waals surface area contributed by atoms with E-state index in [2.05, 4.69) is 5.32 Å². The maximum Gasteiger partial charge on any atom is 0.220 e. The summed E-state index contributed by atoms with van der Waals surface area (Å²) in [6.07, 6.45) is 3.37. The van der Waals surface area contributed by atoms with Gasteiger partial charge < -0.3 is 14.8 Å². The maximum atomic E-state index is 11.5. The SMILES string of the molecule is CSCCCC(=O)NCC(C)(O)c1ccc(C)o1. The maximum absolute atomic E-state index is 11.5. The predicted octanol–water partition coefficient (Wildman–Crippen LogP) is 2.05. The molecule has 1 aromatic rings. The highest BCUT2D eigenvalue weighted by atomic mass is 32.2. The smallest absolute Gasteiger partial charge is 0.220 e. The Labute approximate surface area is 112 Å². The molecule has 0 aliphatic heterocycles. The summed E-state index contributed by atoms with van der Waals surface area (Å²) >= 11 is 1.72. The molecule has 0 fully saturated rings. The van der Waals surface area contributed by atoms with Crippen LogP contribution in [-0.4, -0.2) is 29.6 Å². The van der Waals surface area contributed by atoms with E-state index < -0.39 is 5.60 Å². The molecule has 1 unspecified atom stereocenters. The summed E-state index contributed by atoms with van der Waals surface area (Å²) in [5.41, 5.74) is -1.16. The molecule has 2 N–H and O–H groups in total. The van der Waals surface area contributed by atoms with Crippen LogP contribution in [0.25, 0.3) is 0 Å². The Morgan fingerprint density at radius 3 is 2.83 bits per heavy atom. The number of hydrogen-bond acceptors (Lipinski definition) is 4. The number of carbonyl (C=O) groups excluding carboxylic acids is 1. The number of amides is 1. The Morgan fingerprint density at radius 2 is 2.28 bits per heavy atom. The number of carbonyl (C=O) groups is 1. The molecular formula is C13H21NO3S. The number of hydrogen-bond donors (Lipinski definition) is 2. The largest absolute Gasteiger partial charge is 0.463 e. The van der Waals surface area contributed by atoms with Gasteiger partial charge in [-0.05, 0) is 44.4 Å². The quantitative estimate of drug-likeness (QED) is 0.745. The molecule has 5 heteroatoms. The van der Waals surface area contributed by atoms with Crippen molar-refractivity contribution in [3.8, 4) is 0 Å². The van der Waals surface area contributed by atoms with E-state index in [0.29, 0.717) is 12.2 Å². The molecule has 0 aromatic carbocycles. The van der Waals surface area contributed by atoms with Crippen molar-refractivity contribution in [2.75, 3.05) is 18.6 Å². The Morgan fingerprint density at radius 1 is 1.56 bits per heavy atom. The van der Waals surface area contributed by atoms with E-state index in [9.17, 15) is 9.90 Å². The fourth-order valence-electron chi connectivity index (χ4n) is 1.55. The highest BCUT2D eigenvalue weighted by molar-refractivity contribution is 7.98. The number of thioether (sulfide) groups is 1. The molecule has 1 amide bonds. The molecule has 0 saturated carbocycles. The van der Waals surface area contributed by atoms with E-state index in [1.54, 1.807) is 30.8 Å². The molecule has 0 saturated heterocycles.